The number of para-hydroxylation sites is 1. The van der Waals surface area contributed by atoms with E-state index in [1.165, 1.54) is 12.1 Å². The minimum atomic E-state index is -0.477. The number of carbonyl (C=O) groups is 2. The molecular formula is C23H21FN2O3. The Hall–Kier alpha value is -2.99. The van der Waals surface area contributed by atoms with Crippen LogP contribution in [0.3, 0.4) is 0 Å². The average molecular weight is 392 g/mol. The molecule has 2 aliphatic heterocycles. The van der Waals surface area contributed by atoms with Gasteiger partial charge < -0.3 is 9.72 Å². The van der Waals surface area contributed by atoms with Gasteiger partial charge in [0.15, 0.2) is 11.6 Å². The molecule has 0 bridgehead atoms. The lowest BCUT2D eigenvalue weighted by molar-refractivity contribution is -0.00800. The Morgan fingerprint density at radius 1 is 1.17 bits per heavy atom. The summed E-state index contributed by atoms with van der Waals surface area (Å²) in [7, 11) is 0. The van der Waals surface area contributed by atoms with Gasteiger partial charge in [0.25, 0.3) is 0 Å². The maximum atomic E-state index is 13.6. The second-order valence-electron chi connectivity index (χ2n) is 7.97. The molecule has 3 aromatic rings. The standard InChI is InChI=1S/C23H21FN2O3/c24-15-5-6-19-17(11-15)18(13-25-19)21(28)14-26-9-7-23(8-10-26)12-20(27)16-3-1-2-4-22(16)29-23/h1-6,11,13,25H,7-10,12,14H2. The van der Waals surface area contributed by atoms with Gasteiger partial charge in [0.2, 0.25) is 0 Å². The predicted octanol–water partition coefficient (Wildman–Crippen LogP) is 3.99. The van der Waals surface area contributed by atoms with Crippen molar-refractivity contribution >= 4 is 22.5 Å². The second kappa shape index (κ2) is 6.81. The highest BCUT2D eigenvalue weighted by Crippen LogP contribution is 2.39. The number of ketones is 2. The van der Waals surface area contributed by atoms with Crippen LogP contribution in [-0.2, 0) is 0 Å². The number of rotatable bonds is 3. The van der Waals surface area contributed by atoms with Crippen molar-refractivity contribution in [1.29, 1.82) is 0 Å². The highest BCUT2D eigenvalue weighted by Gasteiger charge is 2.43. The van der Waals surface area contributed by atoms with E-state index in [1.807, 2.05) is 24.3 Å². The van der Waals surface area contributed by atoms with Gasteiger partial charge in [-0.3, -0.25) is 14.5 Å². The Bertz CT molecular complexity index is 1110. The van der Waals surface area contributed by atoms with E-state index >= 15 is 0 Å². The minimum Gasteiger partial charge on any atom is -0.486 e. The number of aromatic amines is 1. The molecular weight excluding hydrogens is 371 g/mol. The summed E-state index contributed by atoms with van der Waals surface area (Å²) in [6, 6.07) is 11.8. The summed E-state index contributed by atoms with van der Waals surface area (Å²) < 4.78 is 19.8. The lowest BCUT2D eigenvalue weighted by Gasteiger charge is -2.43. The van der Waals surface area contributed by atoms with Gasteiger partial charge in [-0.05, 0) is 30.3 Å². The Labute approximate surface area is 167 Å². The number of aromatic nitrogens is 1. The van der Waals surface area contributed by atoms with Gasteiger partial charge >= 0.3 is 0 Å². The molecule has 1 fully saturated rings. The van der Waals surface area contributed by atoms with Crippen molar-refractivity contribution in [3.05, 3.63) is 65.6 Å². The van der Waals surface area contributed by atoms with Crippen molar-refractivity contribution in [2.45, 2.75) is 24.9 Å². The van der Waals surface area contributed by atoms with Crippen LogP contribution in [0.4, 0.5) is 4.39 Å². The fourth-order valence-corrected chi connectivity index (χ4v) is 4.45. The lowest BCUT2D eigenvalue weighted by Crippen LogP contribution is -2.51. The number of halogens is 1. The molecule has 0 atom stereocenters. The van der Waals surface area contributed by atoms with Gasteiger partial charge in [0.1, 0.15) is 17.2 Å². The fraction of sp³-hybridized carbons (Fsp3) is 0.304. The van der Waals surface area contributed by atoms with Gasteiger partial charge in [0.05, 0.1) is 18.5 Å². The highest BCUT2D eigenvalue weighted by atomic mass is 19.1. The molecule has 6 heteroatoms. The molecule has 0 amide bonds. The molecule has 1 aromatic heterocycles. The molecule has 0 aliphatic carbocycles. The number of fused-ring (bicyclic) bond motifs is 2. The van der Waals surface area contributed by atoms with Crippen molar-refractivity contribution in [2.75, 3.05) is 19.6 Å². The number of H-pyrrole nitrogens is 1. The molecule has 5 nitrogen and oxygen atoms in total. The van der Waals surface area contributed by atoms with E-state index in [-0.39, 0.29) is 23.9 Å². The topological polar surface area (TPSA) is 62.4 Å². The monoisotopic (exact) mass is 392 g/mol. The smallest absolute Gasteiger partial charge is 0.178 e. The molecule has 0 unspecified atom stereocenters. The molecule has 0 saturated carbocycles. The molecule has 5 rings (SSSR count). The van der Waals surface area contributed by atoms with Crippen molar-refractivity contribution in [3.8, 4) is 5.75 Å². The van der Waals surface area contributed by atoms with E-state index < -0.39 is 5.60 Å². The number of carbonyl (C=O) groups excluding carboxylic acids is 2. The molecule has 29 heavy (non-hydrogen) atoms. The van der Waals surface area contributed by atoms with Crippen LogP contribution >= 0.6 is 0 Å². The summed E-state index contributed by atoms with van der Waals surface area (Å²) in [6.07, 6.45) is 3.43. The normalized spacial score (nSPS) is 18.6. The average Bonchev–Trinajstić information content (AvgIpc) is 3.13. The van der Waals surface area contributed by atoms with Crippen molar-refractivity contribution in [1.82, 2.24) is 9.88 Å². The van der Waals surface area contributed by atoms with E-state index in [4.69, 9.17) is 4.74 Å². The van der Waals surface area contributed by atoms with Gasteiger partial charge in [-0.1, -0.05) is 12.1 Å². The van der Waals surface area contributed by atoms with E-state index in [1.54, 1.807) is 12.3 Å². The molecule has 1 N–H and O–H groups in total. The molecule has 2 aromatic carbocycles. The summed E-state index contributed by atoms with van der Waals surface area (Å²) in [5.41, 5.74) is 1.44. The summed E-state index contributed by atoms with van der Waals surface area (Å²) >= 11 is 0. The predicted molar refractivity (Wildman–Crippen MR) is 107 cm³/mol. The molecule has 1 spiro atoms. The Kier molecular flexibility index (Phi) is 4.24. The highest BCUT2D eigenvalue weighted by molar-refractivity contribution is 6.08. The number of hydrogen-bond acceptors (Lipinski definition) is 4. The van der Waals surface area contributed by atoms with E-state index in [2.05, 4.69) is 9.88 Å². The maximum absolute atomic E-state index is 13.6. The summed E-state index contributed by atoms with van der Waals surface area (Å²) in [5, 5.41) is 0.612. The zero-order chi connectivity index (χ0) is 20.0. The van der Waals surface area contributed by atoms with Crippen molar-refractivity contribution in [3.63, 3.8) is 0 Å². The third-order valence-electron chi connectivity index (χ3n) is 6.08. The van der Waals surface area contributed by atoms with Crippen molar-refractivity contribution < 1.29 is 18.7 Å². The van der Waals surface area contributed by atoms with E-state index in [0.29, 0.717) is 54.6 Å². The third-order valence-corrected chi connectivity index (χ3v) is 6.08. The van der Waals surface area contributed by atoms with Crippen LogP contribution < -0.4 is 4.74 Å². The SMILES string of the molecule is O=C1CC2(CCN(CC(=O)c3c[nH]c4ccc(F)cc34)CC2)Oc2ccccc21. The number of ether oxygens (including phenoxy) is 1. The fourth-order valence-electron chi connectivity index (χ4n) is 4.45. The number of benzene rings is 2. The van der Waals surface area contributed by atoms with Gasteiger partial charge in [-0.2, -0.15) is 0 Å². The third kappa shape index (κ3) is 3.23. The Morgan fingerprint density at radius 2 is 1.97 bits per heavy atom. The first kappa shape index (κ1) is 18.1. The van der Waals surface area contributed by atoms with Gasteiger partial charge in [-0.15, -0.1) is 0 Å². The Morgan fingerprint density at radius 3 is 2.79 bits per heavy atom. The molecule has 1 saturated heterocycles. The summed E-state index contributed by atoms with van der Waals surface area (Å²) in [6.45, 7) is 1.62. The van der Waals surface area contributed by atoms with E-state index in [0.717, 1.165) is 5.52 Å². The van der Waals surface area contributed by atoms with Crippen LogP contribution in [0.5, 0.6) is 5.75 Å². The number of piperidine rings is 1. The van der Waals surface area contributed by atoms with Gasteiger partial charge in [-0.25, -0.2) is 4.39 Å². The van der Waals surface area contributed by atoms with Crippen LogP contribution in [0.25, 0.3) is 10.9 Å². The number of nitrogens with one attached hydrogen (secondary N) is 1. The number of nitrogens with zero attached hydrogens (tertiary/aromatic N) is 1. The molecule has 148 valence electrons. The first-order chi connectivity index (χ1) is 14.0. The van der Waals surface area contributed by atoms with Crippen molar-refractivity contribution in [2.24, 2.45) is 0 Å². The largest absolute Gasteiger partial charge is 0.486 e. The number of Topliss-reactive ketones (excluding diaryl/α,β-unsaturated/α-hetero) is 2. The van der Waals surface area contributed by atoms with Gasteiger partial charge in [0, 0.05) is 48.6 Å². The maximum Gasteiger partial charge on any atom is 0.178 e. The van der Waals surface area contributed by atoms with Crippen LogP contribution in [-0.4, -0.2) is 46.7 Å². The second-order valence-corrected chi connectivity index (χ2v) is 7.97. The molecule has 2 aliphatic rings. The Balaban J connectivity index is 1.27. The minimum absolute atomic E-state index is 0.0382. The van der Waals surface area contributed by atoms with E-state index in [9.17, 15) is 14.0 Å². The quantitative estimate of drug-likeness (QED) is 0.685. The summed E-state index contributed by atoms with van der Waals surface area (Å²) in [4.78, 5) is 30.5. The summed E-state index contributed by atoms with van der Waals surface area (Å²) in [5.74, 6) is 0.389. The first-order valence-electron chi connectivity index (χ1n) is 9.86. The van der Waals surface area contributed by atoms with Crippen LogP contribution in [0.1, 0.15) is 40.0 Å². The molecule has 0 radical (unpaired) electrons. The van der Waals surface area contributed by atoms with Crippen LogP contribution in [0.15, 0.2) is 48.7 Å². The number of hydrogen-bond donors (Lipinski definition) is 1. The van der Waals surface area contributed by atoms with Crippen LogP contribution in [0, 0.1) is 5.82 Å². The zero-order valence-electron chi connectivity index (χ0n) is 15.9. The zero-order valence-corrected chi connectivity index (χ0v) is 15.9. The first-order valence-corrected chi connectivity index (χ1v) is 9.86. The van der Waals surface area contributed by atoms with Crippen LogP contribution in [0.2, 0.25) is 0 Å². The number of likely N-dealkylation sites (tertiary alicyclic amines) is 1. The lowest BCUT2D eigenvalue weighted by atomic mass is 9.82. The molecule has 3 heterocycles.